The summed E-state index contributed by atoms with van der Waals surface area (Å²) < 4.78 is 5.67. The van der Waals surface area contributed by atoms with E-state index in [1.165, 1.54) is 7.11 Å². The molecule has 0 heterocycles. The maximum Gasteiger partial charge on any atom is 0.319 e. The number of amides is 2. The highest BCUT2D eigenvalue weighted by molar-refractivity contribution is 14.1. The summed E-state index contributed by atoms with van der Waals surface area (Å²) in [5, 5.41) is 5.54. The van der Waals surface area contributed by atoms with Crippen molar-refractivity contribution in [1.82, 2.24) is 5.32 Å². The van der Waals surface area contributed by atoms with Crippen LogP contribution in [0.1, 0.15) is 25.7 Å². The number of hydrogen-bond donors (Lipinski definition) is 2. The number of urea groups is 1. The molecule has 0 bridgehead atoms. The predicted octanol–water partition coefficient (Wildman–Crippen LogP) is 3.15. The first kappa shape index (κ1) is 16.7. The van der Waals surface area contributed by atoms with Gasteiger partial charge in [0.05, 0.1) is 7.11 Å². The molecule has 0 saturated heterocycles. The van der Waals surface area contributed by atoms with E-state index in [9.17, 15) is 9.59 Å². The van der Waals surface area contributed by atoms with Crippen molar-refractivity contribution in [3.8, 4) is 0 Å². The van der Waals surface area contributed by atoms with E-state index in [1.807, 2.05) is 24.3 Å². The van der Waals surface area contributed by atoms with Gasteiger partial charge in [0.25, 0.3) is 0 Å². The van der Waals surface area contributed by atoms with Gasteiger partial charge in [0.2, 0.25) is 0 Å². The summed E-state index contributed by atoms with van der Waals surface area (Å²) in [5.74, 6) is -0.186. The Kier molecular flexibility index (Phi) is 8.01. The zero-order chi connectivity index (χ0) is 14.8. The first-order chi connectivity index (χ1) is 9.61. The van der Waals surface area contributed by atoms with Crippen LogP contribution >= 0.6 is 22.6 Å². The van der Waals surface area contributed by atoms with Crippen molar-refractivity contribution >= 4 is 40.3 Å². The summed E-state index contributed by atoms with van der Waals surface area (Å²) in [5.41, 5.74) is 0.772. The molecule has 20 heavy (non-hydrogen) atoms. The first-order valence-corrected chi connectivity index (χ1v) is 7.57. The topological polar surface area (TPSA) is 67.4 Å². The van der Waals surface area contributed by atoms with Gasteiger partial charge < -0.3 is 15.4 Å². The third-order valence-corrected chi connectivity index (χ3v) is 3.39. The van der Waals surface area contributed by atoms with Crippen molar-refractivity contribution in [1.29, 1.82) is 0 Å². The van der Waals surface area contributed by atoms with Crippen molar-refractivity contribution in [2.45, 2.75) is 25.7 Å². The second-order valence-electron chi connectivity index (χ2n) is 4.27. The molecule has 110 valence electrons. The highest BCUT2D eigenvalue weighted by atomic mass is 127. The Bertz CT molecular complexity index is 435. The van der Waals surface area contributed by atoms with Crippen molar-refractivity contribution in [3.05, 3.63) is 27.8 Å². The lowest BCUT2D eigenvalue weighted by Gasteiger charge is -2.07. The van der Waals surface area contributed by atoms with Gasteiger partial charge in [0.1, 0.15) is 0 Å². The Morgan fingerprint density at radius 2 is 1.85 bits per heavy atom. The molecular formula is C14H19IN2O3. The number of carbonyl (C=O) groups excluding carboxylic acids is 2. The quantitative estimate of drug-likeness (QED) is 0.427. The van der Waals surface area contributed by atoms with E-state index < -0.39 is 0 Å². The van der Waals surface area contributed by atoms with Crippen molar-refractivity contribution in [2.24, 2.45) is 0 Å². The Morgan fingerprint density at radius 1 is 1.15 bits per heavy atom. The van der Waals surface area contributed by atoms with E-state index in [-0.39, 0.29) is 12.0 Å². The lowest BCUT2D eigenvalue weighted by Crippen LogP contribution is -2.29. The Labute approximate surface area is 132 Å². The van der Waals surface area contributed by atoms with Gasteiger partial charge in [-0.2, -0.15) is 0 Å². The SMILES string of the molecule is COC(=O)CCCCCNC(=O)Nc1ccc(I)cc1. The first-order valence-electron chi connectivity index (χ1n) is 6.49. The number of nitrogens with one attached hydrogen (secondary N) is 2. The minimum atomic E-state index is -0.209. The highest BCUT2D eigenvalue weighted by Gasteiger charge is 2.02. The summed E-state index contributed by atoms with van der Waals surface area (Å²) in [6, 6.07) is 7.38. The molecule has 0 aliphatic carbocycles. The number of anilines is 1. The number of halogens is 1. The molecule has 6 heteroatoms. The molecule has 0 aromatic heterocycles. The van der Waals surface area contributed by atoms with Crippen molar-refractivity contribution < 1.29 is 14.3 Å². The summed E-state index contributed by atoms with van der Waals surface area (Å²) in [6.07, 6.45) is 2.95. The average molecular weight is 390 g/mol. The van der Waals surface area contributed by atoms with Crippen LogP contribution in [0.3, 0.4) is 0 Å². The standard InChI is InChI=1S/C14H19IN2O3/c1-20-13(18)5-3-2-4-10-16-14(19)17-12-8-6-11(15)7-9-12/h6-9H,2-5,10H2,1H3,(H2,16,17,19). The van der Waals surface area contributed by atoms with Crippen LogP contribution in [0.15, 0.2) is 24.3 Å². The third kappa shape index (κ3) is 7.32. The Balaban J connectivity index is 2.08. The molecule has 1 aromatic carbocycles. The van der Waals surface area contributed by atoms with Crippen LogP contribution in [0.5, 0.6) is 0 Å². The molecule has 0 aliphatic rings. The lowest BCUT2D eigenvalue weighted by atomic mass is 10.2. The molecule has 0 unspecified atom stereocenters. The van der Waals surface area contributed by atoms with Gasteiger partial charge in [-0.3, -0.25) is 4.79 Å². The van der Waals surface area contributed by atoms with Crippen LogP contribution in [-0.2, 0) is 9.53 Å². The molecular weight excluding hydrogens is 371 g/mol. The maximum atomic E-state index is 11.6. The summed E-state index contributed by atoms with van der Waals surface area (Å²) >= 11 is 2.21. The molecule has 0 fully saturated rings. The number of carbonyl (C=O) groups is 2. The minimum absolute atomic E-state index is 0.186. The Morgan fingerprint density at radius 3 is 2.50 bits per heavy atom. The van der Waals surface area contributed by atoms with Gasteiger partial charge in [-0.1, -0.05) is 6.42 Å². The average Bonchev–Trinajstić information content (AvgIpc) is 2.44. The van der Waals surface area contributed by atoms with Crippen LogP contribution in [0.4, 0.5) is 10.5 Å². The second kappa shape index (κ2) is 9.57. The zero-order valence-electron chi connectivity index (χ0n) is 11.4. The third-order valence-electron chi connectivity index (χ3n) is 2.67. The van der Waals surface area contributed by atoms with Crippen LogP contribution in [0.25, 0.3) is 0 Å². The van der Waals surface area contributed by atoms with Crippen molar-refractivity contribution in [2.75, 3.05) is 19.0 Å². The van der Waals surface area contributed by atoms with Gasteiger partial charge in [-0.15, -0.1) is 0 Å². The van der Waals surface area contributed by atoms with Gasteiger partial charge in [-0.25, -0.2) is 4.79 Å². The Hall–Kier alpha value is -1.31. The number of ether oxygens (including phenoxy) is 1. The van der Waals surface area contributed by atoms with Crippen LogP contribution in [0.2, 0.25) is 0 Å². The van der Waals surface area contributed by atoms with Crippen LogP contribution in [0, 0.1) is 3.57 Å². The number of rotatable bonds is 7. The number of hydrogen-bond acceptors (Lipinski definition) is 3. The van der Waals surface area contributed by atoms with Gasteiger partial charge in [0, 0.05) is 22.2 Å². The van der Waals surface area contributed by atoms with Crippen molar-refractivity contribution in [3.63, 3.8) is 0 Å². The number of methoxy groups -OCH3 is 1. The fourth-order valence-electron chi connectivity index (χ4n) is 1.58. The van der Waals surface area contributed by atoms with Gasteiger partial charge >= 0.3 is 12.0 Å². The maximum absolute atomic E-state index is 11.6. The van der Waals surface area contributed by atoms with E-state index in [0.717, 1.165) is 28.5 Å². The van der Waals surface area contributed by atoms with Gasteiger partial charge in [-0.05, 0) is 59.7 Å². The molecule has 0 spiro atoms. The second-order valence-corrected chi connectivity index (χ2v) is 5.52. The van der Waals surface area contributed by atoms with E-state index >= 15 is 0 Å². The summed E-state index contributed by atoms with van der Waals surface area (Å²) in [7, 11) is 1.39. The highest BCUT2D eigenvalue weighted by Crippen LogP contribution is 2.10. The van der Waals surface area contributed by atoms with E-state index in [2.05, 4.69) is 38.0 Å². The normalized spacial score (nSPS) is 9.90. The fraction of sp³-hybridized carbons (Fsp3) is 0.429. The summed E-state index contributed by atoms with van der Waals surface area (Å²) in [4.78, 5) is 22.5. The van der Waals surface area contributed by atoms with E-state index in [4.69, 9.17) is 0 Å². The monoisotopic (exact) mass is 390 g/mol. The molecule has 5 nitrogen and oxygen atoms in total. The number of esters is 1. The largest absolute Gasteiger partial charge is 0.469 e. The molecule has 2 amide bonds. The number of benzene rings is 1. The fourth-order valence-corrected chi connectivity index (χ4v) is 1.94. The summed E-state index contributed by atoms with van der Waals surface area (Å²) in [6.45, 7) is 0.595. The molecule has 0 saturated carbocycles. The van der Waals surface area contributed by atoms with E-state index in [0.29, 0.717) is 13.0 Å². The minimum Gasteiger partial charge on any atom is -0.469 e. The molecule has 0 aliphatic heterocycles. The molecule has 2 N–H and O–H groups in total. The molecule has 0 atom stereocenters. The van der Waals surface area contributed by atoms with Crippen LogP contribution < -0.4 is 10.6 Å². The van der Waals surface area contributed by atoms with Crippen LogP contribution in [-0.4, -0.2) is 25.7 Å². The molecule has 1 aromatic rings. The lowest BCUT2D eigenvalue weighted by molar-refractivity contribution is -0.140. The van der Waals surface area contributed by atoms with Gasteiger partial charge in [0.15, 0.2) is 0 Å². The predicted molar refractivity (Wildman–Crippen MR) is 86.7 cm³/mol. The zero-order valence-corrected chi connectivity index (χ0v) is 13.6. The molecule has 0 radical (unpaired) electrons. The molecule has 1 rings (SSSR count). The van der Waals surface area contributed by atoms with E-state index in [1.54, 1.807) is 0 Å². The number of unbranched alkanes of at least 4 members (excludes halogenated alkanes) is 2. The smallest absolute Gasteiger partial charge is 0.319 e.